The van der Waals surface area contributed by atoms with E-state index in [2.05, 4.69) is 30.5 Å². The van der Waals surface area contributed by atoms with Gasteiger partial charge in [-0.2, -0.15) is 0 Å². The van der Waals surface area contributed by atoms with E-state index in [0.717, 1.165) is 59.6 Å². The van der Waals surface area contributed by atoms with Crippen LogP contribution in [0.25, 0.3) is 22.1 Å². The fourth-order valence-corrected chi connectivity index (χ4v) is 5.42. The van der Waals surface area contributed by atoms with Crippen molar-refractivity contribution in [1.82, 2.24) is 24.5 Å². The van der Waals surface area contributed by atoms with E-state index in [1.165, 1.54) is 0 Å². The number of benzene rings is 1. The van der Waals surface area contributed by atoms with Crippen LogP contribution >= 0.6 is 0 Å². The number of hydrogen-bond donors (Lipinski definition) is 1. The first-order valence-corrected chi connectivity index (χ1v) is 10.6. The Morgan fingerprint density at radius 2 is 1.80 bits per heavy atom. The minimum absolute atomic E-state index is 0.0594. The Balaban J connectivity index is 1.31. The Hall–Kier alpha value is -3.06. The number of aliphatic hydroxyl groups is 1. The summed E-state index contributed by atoms with van der Waals surface area (Å²) in [7, 11) is 0. The second kappa shape index (κ2) is 6.74. The summed E-state index contributed by atoms with van der Waals surface area (Å²) in [6.07, 6.45) is 5.05. The molecule has 1 aromatic carbocycles. The third kappa shape index (κ3) is 2.76. The van der Waals surface area contributed by atoms with E-state index in [1.54, 1.807) is 6.20 Å². The van der Waals surface area contributed by atoms with Crippen molar-refractivity contribution >= 4 is 27.9 Å². The number of imidazole rings is 1. The standard InChI is InChI=1S/C23H24N6O/c1-14-26-22-17(5-4-8-24-22)23(27-14)28-11-15-9-20(21(30)10-16(15)12-28)29-13-25-18-6-2-3-7-19(18)29/h2-8,13,15-16,20-21,30H,9-12H2,1H3/t15-,16+,20-,21-/m1/s1. The number of aromatic nitrogens is 5. The molecule has 1 saturated heterocycles. The maximum Gasteiger partial charge on any atom is 0.164 e. The lowest BCUT2D eigenvalue weighted by atomic mass is 9.77. The van der Waals surface area contributed by atoms with Crippen LogP contribution in [0, 0.1) is 18.8 Å². The van der Waals surface area contributed by atoms with Gasteiger partial charge in [-0.1, -0.05) is 12.1 Å². The first kappa shape index (κ1) is 17.8. The molecule has 7 nitrogen and oxygen atoms in total. The lowest BCUT2D eigenvalue weighted by molar-refractivity contribution is 0.0375. The van der Waals surface area contributed by atoms with Crippen LogP contribution in [-0.4, -0.2) is 48.8 Å². The van der Waals surface area contributed by atoms with Crippen LogP contribution in [0.3, 0.4) is 0 Å². The van der Waals surface area contributed by atoms with Gasteiger partial charge in [-0.05, 0) is 55.9 Å². The van der Waals surface area contributed by atoms with Gasteiger partial charge in [0.2, 0.25) is 0 Å². The van der Waals surface area contributed by atoms with Crippen molar-refractivity contribution in [1.29, 1.82) is 0 Å². The zero-order chi connectivity index (χ0) is 20.2. The lowest BCUT2D eigenvalue weighted by Crippen LogP contribution is -2.36. The predicted molar refractivity (Wildman–Crippen MR) is 115 cm³/mol. The molecule has 0 spiro atoms. The molecule has 1 aliphatic carbocycles. The summed E-state index contributed by atoms with van der Waals surface area (Å²) in [5, 5.41) is 12.0. The molecule has 4 aromatic rings. The Bertz CT molecular complexity index is 1240. The number of pyridine rings is 1. The van der Waals surface area contributed by atoms with Crippen LogP contribution < -0.4 is 4.90 Å². The molecule has 1 N–H and O–H groups in total. The number of aryl methyl sites for hydroxylation is 1. The van der Waals surface area contributed by atoms with Gasteiger partial charge in [0.15, 0.2) is 5.65 Å². The SMILES string of the molecule is Cc1nc(N2C[C@H]3C[C@@H](n4cnc5ccccc54)[C@H](O)C[C@H]3C2)c2cccnc2n1. The molecule has 7 heteroatoms. The molecular weight excluding hydrogens is 376 g/mol. The van der Waals surface area contributed by atoms with Gasteiger partial charge in [-0.3, -0.25) is 0 Å². The molecule has 0 radical (unpaired) electrons. The first-order chi connectivity index (χ1) is 14.7. The molecule has 0 bridgehead atoms. The van der Waals surface area contributed by atoms with Crippen LogP contribution in [0.2, 0.25) is 0 Å². The van der Waals surface area contributed by atoms with E-state index >= 15 is 0 Å². The van der Waals surface area contributed by atoms with Gasteiger partial charge in [0.25, 0.3) is 0 Å². The fourth-order valence-electron chi connectivity index (χ4n) is 5.42. The van der Waals surface area contributed by atoms with Gasteiger partial charge in [-0.25, -0.2) is 19.9 Å². The van der Waals surface area contributed by atoms with Crippen LogP contribution in [0.1, 0.15) is 24.7 Å². The predicted octanol–water partition coefficient (Wildman–Crippen LogP) is 3.13. The highest BCUT2D eigenvalue weighted by Crippen LogP contribution is 2.43. The lowest BCUT2D eigenvalue weighted by Gasteiger charge is -2.36. The Labute approximate surface area is 174 Å². The van der Waals surface area contributed by atoms with Crippen LogP contribution in [0.5, 0.6) is 0 Å². The Morgan fingerprint density at radius 1 is 0.967 bits per heavy atom. The zero-order valence-electron chi connectivity index (χ0n) is 16.9. The van der Waals surface area contributed by atoms with Crippen molar-refractivity contribution in [3.05, 3.63) is 54.7 Å². The average Bonchev–Trinajstić information content (AvgIpc) is 3.36. The normalized spacial score (nSPS) is 26.4. The summed E-state index contributed by atoms with van der Waals surface area (Å²) in [6.45, 7) is 3.78. The van der Waals surface area contributed by atoms with Crippen LogP contribution in [-0.2, 0) is 0 Å². The summed E-state index contributed by atoms with van der Waals surface area (Å²) in [6, 6.07) is 12.2. The number of hydrogen-bond acceptors (Lipinski definition) is 6. The molecule has 152 valence electrons. The van der Waals surface area contributed by atoms with Crippen molar-refractivity contribution in [2.24, 2.45) is 11.8 Å². The molecule has 6 rings (SSSR count). The molecule has 2 aliphatic rings. The zero-order valence-corrected chi connectivity index (χ0v) is 16.9. The van der Waals surface area contributed by atoms with Gasteiger partial charge >= 0.3 is 0 Å². The molecule has 2 fully saturated rings. The number of nitrogens with zero attached hydrogens (tertiary/aromatic N) is 6. The summed E-state index contributed by atoms with van der Waals surface area (Å²) >= 11 is 0. The van der Waals surface area contributed by atoms with Gasteiger partial charge in [-0.15, -0.1) is 0 Å². The fraction of sp³-hybridized carbons (Fsp3) is 0.391. The summed E-state index contributed by atoms with van der Waals surface area (Å²) in [5.41, 5.74) is 2.83. The molecule has 4 heterocycles. The largest absolute Gasteiger partial charge is 0.391 e. The third-order valence-corrected chi connectivity index (χ3v) is 6.81. The van der Waals surface area contributed by atoms with E-state index in [1.807, 2.05) is 43.6 Å². The van der Waals surface area contributed by atoms with E-state index in [9.17, 15) is 5.11 Å². The smallest absolute Gasteiger partial charge is 0.164 e. The quantitative estimate of drug-likeness (QED) is 0.557. The van der Waals surface area contributed by atoms with Gasteiger partial charge < -0.3 is 14.6 Å². The van der Waals surface area contributed by atoms with Gasteiger partial charge in [0, 0.05) is 19.3 Å². The van der Waals surface area contributed by atoms with Crippen molar-refractivity contribution in [2.75, 3.05) is 18.0 Å². The highest BCUT2D eigenvalue weighted by atomic mass is 16.3. The van der Waals surface area contributed by atoms with E-state index < -0.39 is 0 Å². The molecular formula is C23H24N6O. The minimum Gasteiger partial charge on any atom is -0.391 e. The van der Waals surface area contributed by atoms with E-state index in [0.29, 0.717) is 11.8 Å². The van der Waals surface area contributed by atoms with Crippen LogP contribution in [0.4, 0.5) is 5.82 Å². The molecule has 0 amide bonds. The average molecular weight is 400 g/mol. The van der Waals surface area contributed by atoms with Crippen molar-refractivity contribution < 1.29 is 5.11 Å². The maximum absolute atomic E-state index is 11.0. The van der Waals surface area contributed by atoms with Crippen molar-refractivity contribution in [3.63, 3.8) is 0 Å². The summed E-state index contributed by atoms with van der Waals surface area (Å²) in [4.78, 5) is 20.6. The Morgan fingerprint density at radius 3 is 2.70 bits per heavy atom. The maximum atomic E-state index is 11.0. The summed E-state index contributed by atoms with van der Waals surface area (Å²) < 4.78 is 2.17. The molecule has 0 unspecified atom stereocenters. The first-order valence-electron chi connectivity index (χ1n) is 10.6. The number of anilines is 1. The van der Waals surface area contributed by atoms with E-state index in [-0.39, 0.29) is 12.1 Å². The summed E-state index contributed by atoms with van der Waals surface area (Å²) in [5.74, 6) is 2.70. The second-order valence-electron chi connectivity index (χ2n) is 8.64. The molecule has 3 aromatic heterocycles. The molecule has 4 atom stereocenters. The number of fused-ring (bicyclic) bond motifs is 3. The highest BCUT2D eigenvalue weighted by Gasteiger charge is 2.43. The van der Waals surface area contributed by atoms with Gasteiger partial charge in [0.05, 0.1) is 34.9 Å². The molecule has 1 saturated carbocycles. The van der Waals surface area contributed by atoms with Crippen LogP contribution in [0.15, 0.2) is 48.9 Å². The van der Waals surface area contributed by atoms with Crippen molar-refractivity contribution in [3.8, 4) is 0 Å². The molecule has 30 heavy (non-hydrogen) atoms. The topological polar surface area (TPSA) is 80.0 Å². The monoisotopic (exact) mass is 400 g/mol. The molecule has 1 aliphatic heterocycles. The minimum atomic E-state index is -0.366. The second-order valence-corrected chi connectivity index (χ2v) is 8.64. The number of aliphatic hydroxyl groups excluding tert-OH is 1. The number of para-hydroxylation sites is 2. The third-order valence-electron chi connectivity index (χ3n) is 6.81. The van der Waals surface area contributed by atoms with Gasteiger partial charge in [0.1, 0.15) is 11.6 Å². The highest BCUT2D eigenvalue weighted by molar-refractivity contribution is 5.87. The van der Waals surface area contributed by atoms with E-state index in [4.69, 9.17) is 4.98 Å². The van der Waals surface area contributed by atoms with Crippen molar-refractivity contribution in [2.45, 2.75) is 31.9 Å². The number of rotatable bonds is 2. The Kier molecular flexibility index (Phi) is 3.99.